The molecule has 1 aromatic heterocycles. The van der Waals surface area contributed by atoms with Gasteiger partial charge in [-0.2, -0.15) is 5.26 Å². The summed E-state index contributed by atoms with van der Waals surface area (Å²) < 4.78 is 13.5. The predicted octanol–water partition coefficient (Wildman–Crippen LogP) is 4.24. The van der Waals surface area contributed by atoms with E-state index in [1.54, 1.807) is 48.9 Å². The summed E-state index contributed by atoms with van der Waals surface area (Å²) in [6.45, 7) is 14.8. The van der Waals surface area contributed by atoms with Gasteiger partial charge in [0.25, 0.3) is 5.56 Å². The molecule has 1 aromatic carbocycles. The average Bonchev–Trinajstić information content (AvgIpc) is 2.68. The Morgan fingerprint density at radius 2 is 1.97 bits per heavy atom. The zero-order valence-electron chi connectivity index (χ0n) is 20.0. The highest BCUT2D eigenvalue weighted by atomic mass is 28.3. The van der Waals surface area contributed by atoms with Crippen molar-refractivity contribution in [3.63, 3.8) is 0 Å². The number of benzene rings is 1. The number of fused-ring (bicyclic) bond motifs is 1. The fraction of sp³-hybridized carbons (Fsp3) is 0.520. The van der Waals surface area contributed by atoms with Gasteiger partial charge in [-0.3, -0.25) is 4.79 Å². The van der Waals surface area contributed by atoms with Crippen molar-refractivity contribution >= 4 is 9.04 Å². The van der Waals surface area contributed by atoms with E-state index in [-0.39, 0.29) is 16.9 Å². The van der Waals surface area contributed by atoms with Gasteiger partial charge in [0.05, 0.1) is 17.7 Å². The van der Waals surface area contributed by atoms with E-state index < -0.39 is 26.8 Å². The van der Waals surface area contributed by atoms with Crippen molar-refractivity contribution in [2.45, 2.75) is 71.4 Å². The molecule has 0 saturated heterocycles. The van der Waals surface area contributed by atoms with Crippen LogP contribution in [0, 0.1) is 16.7 Å². The number of pyridine rings is 1. The molecule has 0 spiro atoms. The molecule has 0 fully saturated rings. The lowest BCUT2D eigenvalue weighted by molar-refractivity contribution is -0.0643. The minimum Gasteiger partial charge on any atom is -0.485 e. The number of hydrogen-bond donors (Lipinski definition) is 1. The van der Waals surface area contributed by atoms with Crippen LogP contribution in [0.5, 0.6) is 5.75 Å². The Morgan fingerprint density at radius 3 is 2.53 bits per heavy atom. The topological polar surface area (TPSA) is 84.5 Å². The lowest BCUT2D eigenvalue weighted by atomic mass is 9.77. The summed E-state index contributed by atoms with van der Waals surface area (Å²) in [5, 5.41) is 20.5. The van der Waals surface area contributed by atoms with Crippen LogP contribution in [0.25, 0.3) is 0 Å². The van der Waals surface area contributed by atoms with Crippen molar-refractivity contribution < 1.29 is 14.3 Å². The lowest BCUT2D eigenvalue weighted by Crippen LogP contribution is -2.52. The van der Waals surface area contributed by atoms with Gasteiger partial charge >= 0.3 is 0 Å². The summed E-state index contributed by atoms with van der Waals surface area (Å²) >= 11 is 0. The zero-order valence-corrected chi connectivity index (χ0v) is 21.0. The number of nitriles is 1. The Hall–Kier alpha value is -2.40. The molecule has 1 unspecified atom stereocenters. The smallest absolute Gasteiger partial charge is 0.251 e. The molecule has 3 atom stereocenters. The first-order valence-electron chi connectivity index (χ1n) is 10.9. The molecule has 2 heterocycles. The Morgan fingerprint density at radius 1 is 1.28 bits per heavy atom. The van der Waals surface area contributed by atoms with Crippen LogP contribution in [0.15, 0.2) is 41.3 Å². The van der Waals surface area contributed by atoms with Gasteiger partial charge in [0.15, 0.2) is 0 Å². The number of ether oxygens (including phenoxy) is 1. The second-order valence-corrected chi connectivity index (χ2v) is 12.4. The molecule has 0 aliphatic carbocycles. The maximum atomic E-state index is 13.3. The van der Waals surface area contributed by atoms with Crippen LogP contribution in [0.3, 0.4) is 0 Å². The number of rotatable bonds is 5. The van der Waals surface area contributed by atoms with E-state index in [0.717, 1.165) is 5.56 Å². The van der Waals surface area contributed by atoms with Gasteiger partial charge in [-0.15, -0.1) is 0 Å². The maximum Gasteiger partial charge on any atom is 0.251 e. The average molecular weight is 454 g/mol. The monoisotopic (exact) mass is 453 g/mol. The fourth-order valence-electron chi connectivity index (χ4n) is 4.19. The van der Waals surface area contributed by atoms with Crippen LogP contribution in [-0.4, -0.2) is 37.0 Å². The first-order valence-corrected chi connectivity index (χ1v) is 13.3. The van der Waals surface area contributed by atoms with E-state index in [2.05, 4.69) is 39.9 Å². The highest BCUT2D eigenvalue weighted by Gasteiger charge is 2.44. The molecule has 1 N–H and O–H groups in total. The first-order chi connectivity index (χ1) is 14.8. The summed E-state index contributed by atoms with van der Waals surface area (Å²) in [7, 11) is -0.847. The van der Waals surface area contributed by atoms with Crippen molar-refractivity contribution in [3.05, 3.63) is 63.6 Å². The van der Waals surface area contributed by atoms with Gasteiger partial charge in [0, 0.05) is 30.4 Å². The summed E-state index contributed by atoms with van der Waals surface area (Å²) in [5.74, 6) is 0.639. The van der Waals surface area contributed by atoms with E-state index in [1.807, 2.05) is 6.07 Å². The summed E-state index contributed by atoms with van der Waals surface area (Å²) in [6, 6.07) is 10.2. The van der Waals surface area contributed by atoms with E-state index >= 15 is 0 Å². The van der Waals surface area contributed by atoms with Crippen LogP contribution >= 0.6 is 0 Å². The van der Waals surface area contributed by atoms with E-state index in [9.17, 15) is 15.2 Å². The molecular weight excluding hydrogens is 420 g/mol. The quantitative estimate of drug-likeness (QED) is 0.685. The van der Waals surface area contributed by atoms with Crippen LogP contribution in [0.2, 0.25) is 13.1 Å². The second kappa shape index (κ2) is 8.85. The fourth-order valence-corrected chi connectivity index (χ4v) is 4.69. The third-order valence-corrected chi connectivity index (χ3v) is 6.84. The number of aliphatic hydroxyl groups is 1. The van der Waals surface area contributed by atoms with Crippen molar-refractivity contribution in [2.75, 3.05) is 6.61 Å². The van der Waals surface area contributed by atoms with Gasteiger partial charge < -0.3 is 18.8 Å². The highest BCUT2D eigenvalue weighted by molar-refractivity contribution is 6.48. The van der Waals surface area contributed by atoms with Crippen molar-refractivity contribution in [1.29, 1.82) is 5.26 Å². The molecule has 1 aliphatic heterocycles. The normalized spacial score (nSPS) is 20.9. The minimum atomic E-state index is -0.973. The Labute approximate surface area is 192 Å². The highest BCUT2D eigenvalue weighted by Crippen LogP contribution is 2.42. The van der Waals surface area contributed by atoms with Gasteiger partial charge in [-0.05, 0) is 62.2 Å². The largest absolute Gasteiger partial charge is 0.485 e. The van der Waals surface area contributed by atoms with Crippen LogP contribution in [0.1, 0.15) is 63.3 Å². The van der Waals surface area contributed by atoms with Crippen LogP contribution in [0.4, 0.5) is 0 Å². The molecular formula is C25H33N2O4Si. The summed E-state index contributed by atoms with van der Waals surface area (Å²) in [5.41, 5.74) is 0.831. The van der Waals surface area contributed by atoms with Crippen molar-refractivity contribution in [2.24, 2.45) is 5.41 Å². The Balaban J connectivity index is 2.09. The van der Waals surface area contributed by atoms with Crippen molar-refractivity contribution in [3.8, 4) is 11.8 Å². The molecule has 6 nitrogen and oxygen atoms in total. The number of hydrogen-bond acceptors (Lipinski definition) is 5. The molecule has 3 rings (SSSR count). The second-order valence-electron chi connectivity index (χ2n) is 10.3. The molecule has 0 saturated carbocycles. The molecule has 0 amide bonds. The third-order valence-electron chi connectivity index (χ3n) is 6.10. The van der Waals surface area contributed by atoms with Gasteiger partial charge in [0.1, 0.15) is 17.5 Å². The molecule has 0 bridgehead atoms. The minimum absolute atomic E-state index is 0.0679. The Bertz CT molecular complexity index is 1080. The SMILES string of the molecule is C[Si](C)OCC(c1ccn([C@@H]2c3cc(C#N)ccc3OC(C)(C)[C@H]2O)c(=O)c1)C(C)(C)C. The van der Waals surface area contributed by atoms with Crippen molar-refractivity contribution in [1.82, 2.24) is 4.57 Å². The number of nitrogens with zero attached hydrogens (tertiary/aromatic N) is 2. The maximum absolute atomic E-state index is 13.3. The number of aromatic nitrogens is 1. The van der Waals surface area contributed by atoms with E-state index in [1.165, 1.54) is 0 Å². The van der Waals surface area contributed by atoms with Gasteiger partial charge in [-0.1, -0.05) is 20.8 Å². The summed E-state index contributed by atoms with van der Waals surface area (Å²) in [6.07, 6.45) is 0.776. The molecule has 1 radical (unpaired) electrons. The van der Waals surface area contributed by atoms with Gasteiger partial charge in [-0.25, -0.2) is 0 Å². The lowest BCUT2D eigenvalue weighted by Gasteiger charge is -2.42. The van der Waals surface area contributed by atoms with Crippen LogP contribution < -0.4 is 10.3 Å². The molecule has 1 aliphatic rings. The standard InChI is InChI=1S/C25H33N2O4Si/c1-24(2,3)19(15-30-32(6)7)17-10-11-27(21(28)13-17)22-18-12-16(14-26)8-9-20(18)31-25(4,5)23(22)29/h8-13,19,22-23,29H,15H2,1-7H3/t19?,22-,23+/m1/s1. The summed E-state index contributed by atoms with van der Waals surface area (Å²) in [4.78, 5) is 13.3. The molecule has 171 valence electrons. The van der Waals surface area contributed by atoms with Crippen LogP contribution in [-0.2, 0) is 4.43 Å². The third kappa shape index (κ3) is 4.83. The van der Waals surface area contributed by atoms with Gasteiger partial charge in [0.2, 0.25) is 9.04 Å². The Kier molecular flexibility index (Phi) is 6.71. The predicted molar refractivity (Wildman–Crippen MR) is 126 cm³/mol. The molecule has 7 heteroatoms. The molecule has 32 heavy (non-hydrogen) atoms. The first kappa shape index (κ1) is 24.2. The molecule has 2 aromatic rings. The number of aliphatic hydroxyl groups excluding tert-OH is 1. The zero-order chi connectivity index (χ0) is 23.8. The van der Waals surface area contributed by atoms with E-state index in [0.29, 0.717) is 23.5 Å². The van der Waals surface area contributed by atoms with E-state index in [4.69, 9.17) is 9.16 Å².